The number of aromatic nitrogens is 4. The summed E-state index contributed by atoms with van der Waals surface area (Å²) in [7, 11) is 0. The lowest BCUT2D eigenvalue weighted by Gasteiger charge is -2.00. The zero-order valence-electron chi connectivity index (χ0n) is 8.34. The fourth-order valence-corrected chi connectivity index (χ4v) is 1.39. The van der Waals surface area contributed by atoms with Crippen LogP contribution in [0.15, 0.2) is 18.5 Å². The predicted octanol–water partition coefficient (Wildman–Crippen LogP) is 0.568. The molecule has 0 saturated heterocycles. The summed E-state index contributed by atoms with van der Waals surface area (Å²) in [5.74, 6) is 0.397. The molecule has 84 valence electrons. The Bertz CT molecular complexity index is 498. The molecule has 0 spiro atoms. The quantitative estimate of drug-likeness (QED) is 0.765. The molecule has 6 nitrogen and oxygen atoms in total. The molecule has 7 heteroatoms. The Morgan fingerprint density at radius 1 is 1.44 bits per heavy atom. The number of hydrogen-bond donors (Lipinski definition) is 2. The van der Waals surface area contributed by atoms with Gasteiger partial charge in [-0.05, 0) is 12.1 Å². The molecular formula is C9H10ClN5O. The van der Waals surface area contributed by atoms with Crippen LogP contribution >= 0.6 is 11.6 Å². The predicted molar refractivity (Wildman–Crippen MR) is 59.8 cm³/mol. The lowest BCUT2D eigenvalue weighted by Crippen LogP contribution is -2.03. The Morgan fingerprint density at radius 2 is 2.25 bits per heavy atom. The molecule has 2 rings (SSSR count). The lowest BCUT2D eigenvalue weighted by molar-refractivity contribution is 0.269. The number of rotatable bonds is 3. The summed E-state index contributed by atoms with van der Waals surface area (Å²) in [5.41, 5.74) is 6.66. The second kappa shape index (κ2) is 4.46. The van der Waals surface area contributed by atoms with Gasteiger partial charge in [0.1, 0.15) is 17.2 Å². The van der Waals surface area contributed by atoms with Crippen molar-refractivity contribution in [1.82, 2.24) is 19.7 Å². The monoisotopic (exact) mass is 239 g/mol. The number of aliphatic hydroxyl groups is 1. The SMILES string of the molecule is Nc1ccc(Cl)nc1-c1ncn(CCO)n1. The smallest absolute Gasteiger partial charge is 0.201 e. The first-order valence-electron chi connectivity index (χ1n) is 4.63. The van der Waals surface area contributed by atoms with E-state index >= 15 is 0 Å². The highest BCUT2D eigenvalue weighted by Gasteiger charge is 2.10. The van der Waals surface area contributed by atoms with Crippen molar-refractivity contribution in [2.75, 3.05) is 12.3 Å². The number of aliphatic hydroxyl groups excluding tert-OH is 1. The molecule has 0 saturated carbocycles. The van der Waals surface area contributed by atoms with Gasteiger partial charge in [-0.3, -0.25) is 0 Å². The van der Waals surface area contributed by atoms with Gasteiger partial charge in [-0.1, -0.05) is 11.6 Å². The van der Waals surface area contributed by atoms with Gasteiger partial charge in [-0.15, -0.1) is 5.10 Å². The fraction of sp³-hybridized carbons (Fsp3) is 0.222. The average molecular weight is 240 g/mol. The van der Waals surface area contributed by atoms with E-state index in [1.54, 1.807) is 12.1 Å². The van der Waals surface area contributed by atoms with Crippen LogP contribution in [0.5, 0.6) is 0 Å². The third-order valence-corrected chi connectivity index (χ3v) is 2.18. The number of halogens is 1. The zero-order chi connectivity index (χ0) is 11.5. The van der Waals surface area contributed by atoms with Gasteiger partial charge in [0.05, 0.1) is 18.8 Å². The van der Waals surface area contributed by atoms with Crippen molar-refractivity contribution in [2.45, 2.75) is 6.54 Å². The zero-order valence-corrected chi connectivity index (χ0v) is 9.09. The van der Waals surface area contributed by atoms with Gasteiger partial charge in [-0.2, -0.15) is 0 Å². The summed E-state index contributed by atoms with van der Waals surface area (Å²) < 4.78 is 1.51. The maximum absolute atomic E-state index is 8.75. The Kier molecular flexibility index (Phi) is 3.02. The molecule has 0 aliphatic rings. The van der Waals surface area contributed by atoms with Crippen LogP contribution in [-0.4, -0.2) is 31.5 Å². The van der Waals surface area contributed by atoms with E-state index in [2.05, 4.69) is 15.1 Å². The van der Waals surface area contributed by atoms with Crippen LogP contribution in [0.2, 0.25) is 5.15 Å². The second-order valence-electron chi connectivity index (χ2n) is 3.13. The molecule has 0 radical (unpaired) electrons. The van der Waals surface area contributed by atoms with Crippen LogP contribution in [0.25, 0.3) is 11.5 Å². The molecule has 0 atom stereocenters. The molecule has 3 N–H and O–H groups in total. The first kappa shape index (κ1) is 10.8. The van der Waals surface area contributed by atoms with Crippen LogP contribution < -0.4 is 5.73 Å². The largest absolute Gasteiger partial charge is 0.397 e. The van der Waals surface area contributed by atoms with Crippen LogP contribution in [-0.2, 0) is 6.54 Å². The molecule has 0 aliphatic carbocycles. The topological polar surface area (TPSA) is 89.8 Å². The van der Waals surface area contributed by atoms with Crippen molar-refractivity contribution in [3.8, 4) is 11.5 Å². The summed E-state index contributed by atoms with van der Waals surface area (Å²) in [6.45, 7) is 0.384. The Labute approximate surface area is 96.7 Å². The van der Waals surface area contributed by atoms with E-state index in [0.717, 1.165) is 0 Å². The van der Waals surface area contributed by atoms with Crippen molar-refractivity contribution in [3.05, 3.63) is 23.6 Å². The van der Waals surface area contributed by atoms with Crippen LogP contribution in [0.3, 0.4) is 0 Å². The Balaban J connectivity index is 2.38. The number of hydrogen-bond acceptors (Lipinski definition) is 5. The standard InChI is InChI=1S/C9H10ClN5O/c10-7-2-1-6(11)8(13-7)9-12-5-15(14-9)3-4-16/h1-2,5,16H,3-4,11H2. The highest BCUT2D eigenvalue weighted by atomic mass is 35.5. The molecule has 0 bridgehead atoms. The van der Waals surface area contributed by atoms with Crippen LogP contribution in [0.1, 0.15) is 0 Å². The van der Waals surface area contributed by atoms with Crippen molar-refractivity contribution in [3.63, 3.8) is 0 Å². The second-order valence-corrected chi connectivity index (χ2v) is 3.51. The maximum atomic E-state index is 8.75. The number of nitrogen functional groups attached to an aromatic ring is 1. The first-order chi connectivity index (χ1) is 7.70. The third kappa shape index (κ3) is 2.12. The third-order valence-electron chi connectivity index (χ3n) is 1.97. The van der Waals surface area contributed by atoms with Crippen molar-refractivity contribution < 1.29 is 5.11 Å². The van der Waals surface area contributed by atoms with Crippen LogP contribution in [0.4, 0.5) is 5.69 Å². The number of nitrogens with zero attached hydrogens (tertiary/aromatic N) is 4. The molecule has 0 aromatic carbocycles. The highest BCUT2D eigenvalue weighted by molar-refractivity contribution is 6.29. The lowest BCUT2D eigenvalue weighted by atomic mass is 10.3. The van der Waals surface area contributed by atoms with E-state index < -0.39 is 0 Å². The number of anilines is 1. The molecule has 2 heterocycles. The van der Waals surface area contributed by atoms with Gasteiger partial charge in [-0.25, -0.2) is 14.6 Å². The summed E-state index contributed by atoms with van der Waals surface area (Å²) in [4.78, 5) is 8.10. The summed E-state index contributed by atoms with van der Waals surface area (Å²) in [6, 6.07) is 3.25. The van der Waals surface area contributed by atoms with Gasteiger partial charge in [0.25, 0.3) is 0 Å². The van der Waals surface area contributed by atoms with E-state index in [1.165, 1.54) is 11.0 Å². The minimum Gasteiger partial charge on any atom is -0.397 e. The van der Waals surface area contributed by atoms with Crippen molar-refractivity contribution >= 4 is 17.3 Å². The molecule has 16 heavy (non-hydrogen) atoms. The maximum Gasteiger partial charge on any atom is 0.201 e. The Morgan fingerprint density at radius 3 is 3.00 bits per heavy atom. The van der Waals surface area contributed by atoms with Gasteiger partial charge in [0.15, 0.2) is 0 Å². The Hall–Kier alpha value is -1.66. The molecule has 0 fully saturated rings. The van der Waals surface area contributed by atoms with Gasteiger partial charge in [0.2, 0.25) is 5.82 Å². The summed E-state index contributed by atoms with van der Waals surface area (Å²) in [6.07, 6.45) is 1.51. The van der Waals surface area contributed by atoms with Gasteiger partial charge < -0.3 is 10.8 Å². The van der Waals surface area contributed by atoms with Gasteiger partial charge >= 0.3 is 0 Å². The molecular weight excluding hydrogens is 230 g/mol. The molecule has 0 amide bonds. The average Bonchev–Trinajstić information content (AvgIpc) is 2.71. The normalized spacial score (nSPS) is 10.6. The number of nitrogens with two attached hydrogens (primary N) is 1. The highest BCUT2D eigenvalue weighted by Crippen LogP contribution is 2.21. The minimum absolute atomic E-state index is 0.00125. The first-order valence-corrected chi connectivity index (χ1v) is 5.01. The fourth-order valence-electron chi connectivity index (χ4n) is 1.24. The molecule has 0 aliphatic heterocycles. The van der Waals surface area contributed by atoms with E-state index in [1.807, 2.05) is 0 Å². The van der Waals surface area contributed by atoms with E-state index in [-0.39, 0.29) is 6.61 Å². The molecule has 0 unspecified atom stereocenters. The van der Waals surface area contributed by atoms with E-state index in [0.29, 0.717) is 28.9 Å². The van der Waals surface area contributed by atoms with Crippen molar-refractivity contribution in [1.29, 1.82) is 0 Å². The molecule has 2 aromatic rings. The van der Waals surface area contributed by atoms with Gasteiger partial charge in [0, 0.05) is 0 Å². The van der Waals surface area contributed by atoms with Crippen LogP contribution in [0, 0.1) is 0 Å². The summed E-state index contributed by atoms with van der Waals surface area (Å²) in [5, 5.41) is 13.2. The van der Waals surface area contributed by atoms with E-state index in [9.17, 15) is 0 Å². The summed E-state index contributed by atoms with van der Waals surface area (Å²) >= 11 is 5.77. The minimum atomic E-state index is 0.00125. The number of pyridine rings is 1. The van der Waals surface area contributed by atoms with E-state index in [4.69, 9.17) is 22.4 Å². The van der Waals surface area contributed by atoms with Crippen molar-refractivity contribution in [2.24, 2.45) is 0 Å². The molecule has 2 aromatic heterocycles.